The molecule has 132 valence electrons. The molecule has 24 heavy (non-hydrogen) atoms. The van der Waals surface area contributed by atoms with Crippen molar-refractivity contribution in [1.29, 1.82) is 0 Å². The maximum absolute atomic E-state index is 12.3. The van der Waals surface area contributed by atoms with Crippen LogP contribution in [0.3, 0.4) is 0 Å². The molecule has 0 saturated heterocycles. The maximum Gasteiger partial charge on any atom is 0.317 e. The van der Waals surface area contributed by atoms with Crippen molar-refractivity contribution in [3.8, 4) is 0 Å². The number of aromatic nitrogens is 4. The Morgan fingerprint density at radius 3 is 2.79 bits per heavy atom. The van der Waals surface area contributed by atoms with Crippen LogP contribution in [0.25, 0.3) is 0 Å². The normalized spacial score (nSPS) is 12.4. The topological polar surface area (TPSA) is 89.1 Å². The van der Waals surface area contributed by atoms with Gasteiger partial charge in [0.1, 0.15) is 11.9 Å². The number of nitrogens with zero attached hydrogens (tertiary/aromatic N) is 5. The zero-order chi connectivity index (χ0) is 17.7. The molecule has 0 bridgehead atoms. The summed E-state index contributed by atoms with van der Waals surface area (Å²) in [5.41, 5.74) is 0. The van der Waals surface area contributed by atoms with E-state index in [0.29, 0.717) is 30.7 Å². The Morgan fingerprint density at radius 1 is 1.42 bits per heavy atom. The SMILES string of the molecule is Cc1nccn1CCN(C)C(=O)N[C@@H](C)c1nc(CC(C)C)no1. The van der Waals surface area contributed by atoms with E-state index in [1.54, 1.807) is 18.1 Å². The van der Waals surface area contributed by atoms with Crippen molar-refractivity contribution < 1.29 is 9.32 Å². The Bertz CT molecular complexity index is 663. The first-order valence-electron chi connectivity index (χ1n) is 8.18. The number of urea groups is 1. The molecule has 0 aliphatic heterocycles. The van der Waals surface area contributed by atoms with Gasteiger partial charge in [-0.1, -0.05) is 19.0 Å². The third kappa shape index (κ3) is 4.81. The minimum absolute atomic E-state index is 0.177. The standard InChI is InChI=1S/C16H26N6O2/c1-11(2)10-14-19-15(24-20-14)12(3)18-16(23)21(5)8-9-22-7-6-17-13(22)4/h6-7,11-12H,8-10H2,1-5H3,(H,18,23)/t12-/m0/s1. The number of likely N-dealkylation sites (N-methyl/N-ethyl adjacent to an activating group) is 1. The average Bonchev–Trinajstić information content (AvgIpc) is 3.13. The van der Waals surface area contributed by atoms with Crippen LogP contribution in [0.4, 0.5) is 4.79 Å². The number of nitrogens with one attached hydrogen (secondary N) is 1. The quantitative estimate of drug-likeness (QED) is 0.838. The second kappa shape index (κ2) is 7.94. The van der Waals surface area contributed by atoms with Gasteiger partial charge in [0.15, 0.2) is 5.82 Å². The first-order chi connectivity index (χ1) is 11.4. The van der Waals surface area contributed by atoms with Crippen molar-refractivity contribution in [1.82, 2.24) is 29.9 Å². The van der Waals surface area contributed by atoms with Crippen LogP contribution < -0.4 is 5.32 Å². The van der Waals surface area contributed by atoms with Gasteiger partial charge >= 0.3 is 6.03 Å². The molecule has 0 spiro atoms. The van der Waals surface area contributed by atoms with Crippen LogP contribution in [0.5, 0.6) is 0 Å². The number of aryl methyl sites for hydroxylation is 1. The third-order valence-electron chi connectivity index (χ3n) is 3.73. The lowest BCUT2D eigenvalue weighted by Crippen LogP contribution is -2.40. The summed E-state index contributed by atoms with van der Waals surface area (Å²) < 4.78 is 7.24. The van der Waals surface area contributed by atoms with Crippen LogP contribution in [0.1, 0.15) is 44.4 Å². The lowest BCUT2D eigenvalue weighted by atomic mass is 10.1. The smallest absolute Gasteiger partial charge is 0.317 e. The van der Waals surface area contributed by atoms with E-state index in [2.05, 4.69) is 34.3 Å². The van der Waals surface area contributed by atoms with Crippen molar-refractivity contribution in [3.05, 3.63) is 29.9 Å². The molecule has 0 radical (unpaired) electrons. The fourth-order valence-corrected chi connectivity index (χ4v) is 2.25. The van der Waals surface area contributed by atoms with Crippen LogP contribution in [0.15, 0.2) is 16.9 Å². The van der Waals surface area contributed by atoms with Gasteiger partial charge in [-0.3, -0.25) is 0 Å². The molecule has 0 aliphatic carbocycles. The first kappa shape index (κ1) is 18.0. The van der Waals surface area contributed by atoms with Crippen LogP contribution in [-0.4, -0.2) is 44.2 Å². The predicted molar refractivity (Wildman–Crippen MR) is 89.4 cm³/mol. The fraction of sp³-hybridized carbons (Fsp3) is 0.625. The summed E-state index contributed by atoms with van der Waals surface area (Å²) in [6, 6.07) is -0.507. The van der Waals surface area contributed by atoms with E-state index in [1.807, 2.05) is 24.6 Å². The van der Waals surface area contributed by atoms with Gasteiger partial charge in [0.2, 0.25) is 5.89 Å². The van der Waals surface area contributed by atoms with Gasteiger partial charge in [0.05, 0.1) is 0 Å². The number of amides is 2. The summed E-state index contributed by atoms with van der Waals surface area (Å²) in [5.74, 6) is 2.49. The van der Waals surface area contributed by atoms with Crippen molar-refractivity contribution in [2.75, 3.05) is 13.6 Å². The van der Waals surface area contributed by atoms with Gasteiger partial charge in [-0.2, -0.15) is 4.98 Å². The largest absolute Gasteiger partial charge is 0.337 e. The molecule has 1 atom stereocenters. The van der Waals surface area contributed by atoms with Crippen LogP contribution in [0.2, 0.25) is 0 Å². The molecule has 0 aliphatic rings. The molecular weight excluding hydrogens is 308 g/mol. The van der Waals surface area contributed by atoms with Crippen LogP contribution in [0, 0.1) is 12.8 Å². The highest BCUT2D eigenvalue weighted by Crippen LogP contribution is 2.12. The van der Waals surface area contributed by atoms with Crippen molar-refractivity contribution in [2.24, 2.45) is 5.92 Å². The van der Waals surface area contributed by atoms with Crippen LogP contribution >= 0.6 is 0 Å². The number of rotatable bonds is 7. The molecule has 0 unspecified atom stereocenters. The van der Waals surface area contributed by atoms with Gasteiger partial charge in [-0.05, 0) is 19.8 Å². The molecule has 2 rings (SSSR count). The summed E-state index contributed by atoms with van der Waals surface area (Å²) in [5, 5.41) is 6.82. The second-order valence-electron chi connectivity index (χ2n) is 6.41. The molecule has 0 fully saturated rings. The number of carbonyl (C=O) groups is 1. The molecule has 0 aromatic carbocycles. The second-order valence-corrected chi connectivity index (χ2v) is 6.41. The molecule has 2 aromatic rings. The van der Waals surface area contributed by atoms with E-state index >= 15 is 0 Å². The van der Waals surface area contributed by atoms with E-state index in [9.17, 15) is 4.79 Å². The lowest BCUT2D eigenvalue weighted by Gasteiger charge is -2.20. The number of hydrogen-bond acceptors (Lipinski definition) is 5. The van der Waals surface area contributed by atoms with E-state index in [1.165, 1.54) is 0 Å². The highest BCUT2D eigenvalue weighted by Gasteiger charge is 2.19. The van der Waals surface area contributed by atoms with Crippen molar-refractivity contribution in [3.63, 3.8) is 0 Å². The Kier molecular flexibility index (Phi) is 5.94. The summed E-state index contributed by atoms with van der Waals surface area (Å²) in [4.78, 5) is 22.4. The van der Waals surface area contributed by atoms with E-state index < -0.39 is 0 Å². The van der Waals surface area contributed by atoms with Crippen LogP contribution in [-0.2, 0) is 13.0 Å². The van der Waals surface area contributed by atoms with Gasteiger partial charge < -0.3 is 19.3 Å². The summed E-state index contributed by atoms with van der Waals surface area (Å²) in [6.45, 7) is 9.24. The monoisotopic (exact) mass is 334 g/mol. The highest BCUT2D eigenvalue weighted by molar-refractivity contribution is 5.74. The molecule has 1 N–H and O–H groups in total. The zero-order valence-corrected chi connectivity index (χ0v) is 15.0. The van der Waals surface area contributed by atoms with E-state index in [0.717, 1.165) is 12.2 Å². The number of hydrogen-bond donors (Lipinski definition) is 1. The fourth-order valence-electron chi connectivity index (χ4n) is 2.25. The third-order valence-corrected chi connectivity index (χ3v) is 3.73. The zero-order valence-electron chi connectivity index (χ0n) is 15.0. The number of imidazole rings is 1. The molecule has 0 saturated carbocycles. The van der Waals surface area contributed by atoms with Gasteiger partial charge in [0.25, 0.3) is 0 Å². The summed E-state index contributed by atoms with van der Waals surface area (Å²) in [7, 11) is 1.76. The molecular formula is C16H26N6O2. The molecule has 8 nitrogen and oxygen atoms in total. The maximum atomic E-state index is 12.3. The Morgan fingerprint density at radius 2 is 2.17 bits per heavy atom. The van der Waals surface area contributed by atoms with Gasteiger partial charge in [-0.25, -0.2) is 9.78 Å². The Hall–Kier alpha value is -2.38. The Balaban J connectivity index is 1.84. The van der Waals surface area contributed by atoms with Gasteiger partial charge in [-0.15, -0.1) is 0 Å². The average molecular weight is 334 g/mol. The van der Waals surface area contributed by atoms with E-state index in [-0.39, 0.29) is 12.1 Å². The first-order valence-corrected chi connectivity index (χ1v) is 8.18. The number of carbonyl (C=O) groups excluding carboxylic acids is 1. The summed E-state index contributed by atoms with van der Waals surface area (Å²) >= 11 is 0. The van der Waals surface area contributed by atoms with Crippen molar-refractivity contribution in [2.45, 2.75) is 46.7 Å². The molecule has 2 heterocycles. The molecule has 8 heteroatoms. The predicted octanol–water partition coefficient (Wildman–Crippen LogP) is 2.18. The van der Waals surface area contributed by atoms with Gasteiger partial charge in [0, 0.05) is 39.0 Å². The van der Waals surface area contributed by atoms with E-state index in [4.69, 9.17) is 4.52 Å². The minimum atomic E-state index is -0.330. The minimum Gasteiger partial charge on any atom is -0.337 e. The highest BCUT2D eigenvalue weighted by atomic mass is 16.5. The molecule has 2 aromatic heterocycles. The summed E-state index contributed by atoms with van der Waals surface area (Å²) in [6.07, 6.45) is 4.41. The van der Waals surface area contributed by atoms with Crippen molar-refractivity contribution >= 4 is 6.03 Å². The molecule has 2 amide bonds. The lowest BCUT2D eigenvalue weighted by molar-refractivity contribution is 0.200. The Labute approximate surface area is 142 Å².